The van der Waals surface area contributed by atoms with Crippen LogP contribution in [0.2, 0.25) is 5.02 Å². The van der Waals surface area contributed by atoms with Gasteiger partial charge in [-0.15, -0.1) is 9.82 Å². The SMILES string of the molecule is CC(C)(C)[S+]([O-])N[C@@H]1c2cnnn2CC12CCN(c1cnc(Sc3ccnc(N)c3Cl)cn1)CC2. The number of nitrogen functional groups attached to an aromatic ring is 1. The summed E-state index contributed by atoms with van der Waals surface area (Å²) in [5.74, 6) is 1.14. The van der Waals surface area contributed by atoms with Gasteiger partial charge >= 0.3 is 0 Å². The van der Waals surface area contributed by atoms with Crippen molar-refractivity contribution >= 4 is 46.4 Å². The average Bonchev–Trinajstić information content (AvgIpc) is 3.38. The molecular weight excluding hydrogens is 506 g/mol. The third kappa shape index (κ3) is 4.82. The zero-order chi connectivity index (χ0) is 24.8. The molecular formula is C22H28ClN9OS2. The van der Waals surface area contributed by atoms with Crippen LogP contribution in [0.3, 0.4) is 0 Å². The molecule has 13 heteroatoms. The Labute approximate surface area is 216 Å². The van der Waals surface area contributed by atoms with E-state index >= 15 is 0 Å². The second-order valence-corrected chi connectivity index (χ2v) is 13.4. The highest BCUT2D eigenvalue weighted by molar-refractivity contribution is 7.99. The Morgan fingerprint density at radius 3 is 2.66 bits per heavy atom. The molecule has 5 rings (SSSR count). The number of pyridine rings is 1. The molecule has 1 saturated heterocycles. The van der Waals surface area contributed by atoms with E-state index in [0.29, 0.717) is 10.8 Å². The molecule has 1 fully saturated rings. The predicted molar refractivity (Wildman–Crippen MR) is 137 cm³/mol. The van der Waals surface area contributed by atoms with Crippen molar-refractivity contribution < 1.29 is 4.55 Å². The van der Waals surface area contributed by atoms with Crippen LogP contribution >= 0.6 is 23.4 Å². The molecule has 5 heterocycles. The summed E-state index contributed by atoms with van der Waals surface area (Å²) >= 11 is 6.46. The van der Waals surface area contributed by atoms with Crippen LogP contribution in [-0.2, 0) is 17.9 Å². The largest absolute Gasteiger partial charge is 0.598 e. The molecule has 0 saturated carbocycles. The quantitative estimate of drug-likeness (QED) is 0.470. The fourth-order valence-corrected chi connectivity index (χ4v) is 6.50. The summed E-state index contributed by atoms with van der Waals surface area (Å²) in [5.41, 5.74) is 6.74. The summed E-state index contributed by atoms with van der Waals surface area (Å²) in [4.78, 5) is 16.3. The minimum atomic E-state index is -1.19. The molecule has 0 radical (unpaired) electrons. The molecule has 2 aliphatic rings. The summed E-state index contributed by atoms with van der Waals surface area (Å²) in [6.07, 6.45) is 8.80. The molecule has 0 aromatic carbocycles. The van der Waals surface area contributed by atoms with Gasteiger partial charge in [0, 0.05) is 41.0 Å². The highest BCUT2D eigenvalue weighted by Gasteiger charge is 2.52. The van der Waals surface area contributed by atoms with Crippen molar-refractivity contribution in [1.82, 2.24) is 34.7 Å². The molecule has 3 aromatic heterocycles. The van der Waals surface area contributed by atoms with Gasteiger partial charge in [0.25, 0.3) is 0 Å². The van der Waals surface area contributed by atoms with E-state index in [4.69, 9.17) is 17.3 Å². The maximum Gasteiger partial charge on any atom is 0.147 e. The van der Waals surface area contributed by atoms with Crippen LogP contribution < -0.4 is 15.4 Å². The van der Waals surface area contributed by atoms with Gasteiger partial charge in [-0.2, -0.15) is 0 Å². The lowest BCUT2D eigenvalue weighted by Crippen LogP contribution is -2.50. The van der Waals surface area contributed by atoms with E-state index < -0.39 is 11.4 Å². The number of aromatic nitrogens is 6. The van der Waals surface area contributed by atoms with Crippen LogP contribution in [0, 0.1) is 5.41 Å². The standard InChI is InChI=1S/C22H28ClN9OS2/c1-21(2,3)35(33)29-19-14-10-28-30-32(14)13-22(19)5-8-31(9-6-22)16-11-27-17(12-26-16)34-15-4-7-25-20(24)18(15)23/h4,7,10-12,19,29H,5-6,8-9,13H2,1-3H3,(H2,24,25)/t19-,35?/m1/s1. The maximum absolute atomic E-state index is 13.0. The molecule has 1 unspecified atom stereocenters. The van der Waals surface area contributed by atoms with E-state index in [1.807, 2.05) is 31.5 Å². The Bertz CT molecular complexity index is 1190. The summed E-state index contributed by atoms with van der Waals surface area (Å²) in [7, 11) is 0. The van der Waals surface area contributed by atoms with Gasteiger partial charge in [-0.25, -0.2) is 19.6 Å². The normalized spacial score (nSPS) is 20.3. The van der Waals surface area contributed by atoms with E-state index in [0.717, 1.165) is 53.9 Å². The van der Waals surface area contributed by atoms with Crippen molar-refractivity contribution in [1.29, 1.82) is 0 Å². The summed E-state index contributed by atoms with van der Waals surface area (Å²) in [6, 6.07) is 1.75. The number of hydrogen-bond acceptors (Lipinski definition) is 10. The van der Waals surface area contributed by atoms with Crippen molar-refractivity contribution in [2.45, 2.75) is 60.9 Å². The smallest absolute Gasteiger partial charge is 0.147 e. The number of hydrogen-bond donors (Lipinski definition) is 2. The molecule has 10 nitrogen and oxygen atoms in total. The molecule has 2 aliphatic heterocycles. The van der Waals surface area contributed by atoms with Crippen LogP contribution in [0.15, 0.2) is 40.8 Å². The summed E-state index contributed by atoms with van der Waals surface area (Å²) in [5, 5.41) is 9.50. The molecule has 35 heavy (non-hydrogen) atoms. The van der Waals surface area contributed by atoms with Gasteiger partial charge in [-0.3, -0.25) is 0 Å². The third-order valence-corrected chi connectivity index (χ3v) is 9.65. The second kappa shape index (κ2) is 9.40. The minimum absolute atomic E-state index is 0.0536. The van der Waals surface area contributed by atoms with Gasteiger partial charge in [-0.05, 0) is 39.7 Å². The number of nitrogens with one attached hydrogen (secondary N) is 1. The Kier molecular flexibility index (Phi) is 6.60. The maximum atomic E-state index is 13.0. The van der Waals surface area contributed by atoms with E-state index in [1.165, 1.54) is 11.8 Å². The van der Waals surface area contributed by atoms with E-state index in [1.54, 1.807) is 24.8 Å². The molecule has 186 valence electrons. The van der Waals surface area contributed by atoms with Crippen LogP contribution in [-0.4, -0.2) is 52.3 Å². The van der Waals surface area contributed by atoms with Gasteiger partial charge < -0.3 is 15.2 Å². The first-order chi connectivity index (χ1) is 16.7. The number of halogens is 1. The van der Waals surface area contributed by atoms with Gasteiger partial charge in [0.2, 0.25) is 0 Å². The fraction of sp³-hybridized carbons (Fsp3) is 0.500. The molecule has 2 atom stereocenters. The molecule has 0 bridgehead atoms. The topological polar surface area (TPSA) is 134 Å². The number of nitrogens with two attached hydrogens (primary N) is 1. The van der Waals surface area contributed by atoms with Gasteiger partial charge in [0.05, 0.1) is 35.9 Å². The first-order valence-electron chi connectivity index (χ1n) is 11.4. The van der Waals surface area contributed by atoms with Gasteiger partial charge in [0.1, 0.15) is 27.5 Å². The van der Waals surface area contributed by atoms with E-state index in [9.17, 15) is 4.55 Å². The van der Waals surface area contributed by atoms with Crippen molar-refractivity contribution in [3.63, 3.8) is 0 Å². The predicted octanol–water partition coefficient (Wildman–Crippen LogP) is 3.24. The zero-order valence-electron chi connectivity index (χ0n) is 19.8. The number of nitrogens with zero attached hydrogens (tertiary/aromatic N) is 7. The second-order valence-electron chi connectivity index (χ2n) is 9.92. The first kappa shape index (κ1) is 24.6. The van der Waals surface area contributed by atoms with E-state index in [2.05, 4.69) is 34.9 Å². The molecule has 0 aliphatic carbocycles. The third-order valence-electron chi connectivity index (χ3n) is 6.59. The van der Waals surface area contributed by atoms with Gasteiger partial charge in [0.15, 0.2) is 0 Å². The lowest BCUT2D eigenvalue weighted by Gasteiger charge is -2.43. The van der Waals surface area contributed by atoms with Crippen LogP contribution in [0.5, 0.6) is 0 Å². The summed E-state index contributed by atoms with van der Waals surface area (Å²) in [6.45, 7) is 8.36. The Hall–Kier alpha value is -2.12. The Morgan fingerprint density at radius 2 is 1.97 bits per heavy atom. The number of rotatable bonds is 5. The lowest BCUT2D eigenvalue weighted by atomic mass is 9.74. The Morgan fingerprint density at radius 1 is 1.20 bits per heavy atom. The molecule has 1 spiro atoms. The lowest BCUT2D eigenvalue weighted by molar-refractivity contribution is 0.159. The number of anilines is 2. The highest BCUT2D eigenvalue weighted by Crippen LogP contribution is 2.49. The van der Waals surface area contributed by atoms with Crippen LogP contribution in [0.4, 0.5) is 11.6 Å². The van der Waals surface area contributed by atoms with Crippen molar-refractivity contribution in [2.75, 3.05) is 23.7 Å². The molecule has 3 aromatic rings. The zero-order valence-corrected chi connectivity index (χ0v) is 22.2. The van der Waals surface area contributed by atoms with Crippen molar-refractivity contribution in [3.8, 4) is 0 Å². The number of piperidine rings is 1. The molecule has 0 amide bonds. The monoisotopic (exact) mass is 533 g/mol. The van der Waals surface area contributed by atoms with Crippen molar-refractivity contribution in [3.05, 3.63) is 41.6 Å². The summed E-state index contributed by atoms with van der Waals surface area (Å²) < 4.78 is 18.0. The Balaban J connectivity index is 1.27. The van der Waals surface area contributed by atoms with Gasteiger partial charge in [-0.1, -0.05) is 28.6 Å². The fourth-order valence-electron chi connectivity index (χ4n) is 4.57. The first-order valence-corrected chi connectivity index (χ1v) is 13.7. The van der Waals surface area contributed by atoms with Crippen LogP contribution in [0.1, 0.15) is 45.3 Å². The number of fused-ring (bicyclic) bond motifs is 1. The van der Waals surface area contributed by atoms with E-state index in [-0.39, 0.29) is 16.2 Å². The highest BCUT2D eigenvalue weighted by atomic mass is 35.5. The molecule has 3 N–H and O–H groups in total. The minimum Gasteiger partial charge on any atom is -0.598 e. The average molecular weight is 534 g/mol. The van der Waals surface area contributed by atoms with Crippen LogP contribution in [0.25, 0.3) is 0 Å². The van der Waals surface area contributed by atoms with Crippen molar-refractivity contribution in [2.24, 2.45) is 5.41 Å².